The maximum absolute atomic E-state index is 11.4. The lowest BCUT2D eigenvalue weighted by Crippen LogP contribution is -2.38. The topological polar surface area (TPSA) is 173 Å². The van der Waals surface area contributed by atoms with E-state index in [9.17, 15) is 9.59 Å². The average Bonchev–Trinajstić information content (AvgIpc) is 3.09. The summed E-state index contributed by atoms with van der Waals surface area (Å²) >= 11 is 13.1. The zero-order chi connectivity index (χ0) is 36.5. The van der Waals surface area contributed by atoms with Gasteiger partial charge in [0.2, 0.25) is 35.3 Å². The number of rotatable bonds is 17. The van der Waals surface area contributed by atoms with Crippen LogP contribution in [0.5, 0.6) is 23.5 Å². The molecule has 2 aromatic heterocycles. The molecule has 0 aliphatic rings. The lowest BCUT2D eigenvalue weighted by atomic mass is 9.92. The number of amides is 2. The summed E-state index contributed by atoms with van der Waals surface area (Å²) in [5.74, 6) is 0.166. The van der Waals surface area contributed by atoms with Crippen LogP contribution in [0.4, 0.5) is 0 Å². The fourth-order valence-electron chi connectivity index (χ4n) is 5.08. The molecule has 0 saturated carbocycles. The Hall–Kier alpha value is -4.62. The fourth-order valence-corrected chi connectivity index (χ4v) is 5.54. The molecule has 0 aliphatic carbocycles. The van der Waals surface area contributed by atoms with Gasteiger partial charge in [-0.3, -0.25) is 9.59 Å². The van der Waals surface area contributed by atoms with Crippen molar-refractivity contribution in [3.63, 3.8) is 0 Å². The number of carbonyl (C=O) groups excluding carboxylic acids is 2. The second-order valence-electron chi connectivity index (χ2n) is 11.7. The first-order valence-corrected chi connectivity index (χ1v) is 16.5. The second kappa shape index (κ2) is 17.3. The third kappa shape index (κ3) is 9.33. The minimum absolute atomic E-state index is 0.215. The van der Waals surface area contributed by atoms with Gasteiger partial charge in [0.15, 0.2) is 0 Å². The number of nitrogens with zero attached hydrogens (tertiary/aromatic N) is 2. The summed E-state index contributed by atoms with van der Waals surface area (Å²) in [5, 5.41) is 6.66. The van der Waals surface area contributed by atoms with Crippen LogP contribution in [0.2, 0.25) is 10.0 Å². The van der Waals surface area contributed by atoms with Gasteiger partial charge in [-0.15, -0.1) is 0 Å². The molecule has 0 fully saturated rings. The summed E-state index contributed by atoms with van der Waals surface area (Å²) in [6, 6.07) is 14.4. The number of nitrogens with one attached hydrogen (secondary N) is 2. The summed E-state index contributed by atoms with van der Waals surface area (Å²) in [5.41, 5.74) is 18.0. The van der Waals surface area contributed by atoms with Gasteiger partial charge in [0, 0.05) is 24.2 Å². The van der Waals surface area contributed by atoms with Gasteiger partial charge < -0.3 is 41.0 Å². The van der Waals surface area contributed by atoms with Crippen LogP contribution in [-0.2, 0) is 35.9 Å². The number of pyridine rings is 2. The molecule has 0 unspecified atom stereocenters. The van der Waals surface area contributed by atoms with Crippen LogP contribution < -0.4 is 41.0 Å². The van der Waals surface area contributed by atoms with E-state index in [-0.39, 0.29) is 38.1 Å². The third-order valence-corrected chi connectivity index (χ3v) is 8.86. The molecule has 4 rings (SSSR count). The van der Waals surface area contributed by atoms with Crippen LogP contribution in [-0.4, -0.2) is 48.1 Å². The van der Waals surface area contributed by atoms with Gasteiger partial charge in [-0.1, -0.05) is 59.6 Å². The molecule has 14 heteroatoms. The number of methoxy groups -OCH3 is 2. The van der Waals surface area contributed by atoms with Crippen molar-refractivity contribution in [3.05, 3.63) is 92.0 Å². The zero-order valence-electron chi connectivity index (χ0n) is 28.9. The fraction of sp³-hybridized carbons (Fsp3) is 0.333. The smallest absolute Gasteiger partial charge is 0.236 e. The number of hydrogen-bond acceptors (Lipinski definition) is 10. The Morgan fingerprint density at radius 3 is 1.40 bits per heavy atom. The molecular formula is C36H42Cl2N6O6. The summed E-state index contributed by atoms with van der Waals surface area (Å²) < 4.78 is 23.1. The molecule has 50 heavy (non-hydrogen) atoms. The Morgan fingerprint density at radius 2 is 1.06 bits per heavy atom. The Kier molecular flexibility index (Phi) is 13.3. The van der Waals surface area contributed by atoms with Crippen molar-refractivity contribution >= 4 is 35.0 Å². The van der Waals surface area contributed by atoms with Gasteiger partial charge in [0.25, 0.3) is 0 Å². The molecule has 12 nitrogen and oxygen atoms in total. The van der Waals surface area contributed by atoms with Crippen LogP contribution in [0, 0.1) is 13.8 Å². The van der Waals surface area contributed by atoms with E-state index in [0.717, 1.165) is 33.4 Å². The summed E-state index contributed by atoms with van der Waals surface area (Å²) in [4.78, 5) is 31.7. The average molecular weight is 726 g/mol. The largest absolute Gasteiger partial charge is 0.481 e. The highest BCUT2D eigenvalue weighted by Crippen LogP contribution is 2.34. The van der Waals surface area contributed by atoms with E-state index < -0.39 is 23.9 Å². The molecule has 0 aliphatic heterocycles. The molecule has 0 bridgehead atoms. The summed E-state index contributed by atoms with van der Waals surface area (Å²) in [6.07, 6.45) is 0. The normalized spacial score (nSPS) is 12.2. The first-order chi connectivity index (χ1) is 23.8. The maximum Gasteiger partial charge on any atom is 0.236 e. The van der Waals surface area contributed by atoms with Crippen molar-refractivity contribution in [3.8, 4) is 34.6 Å². The van der Waals surface area contributed by atoms with Crippen LogP contribution >= 0.6 is 23.2 Å². The SMILES string of the molecule is COc1nc(OCc2cccc(-c3cccc(COc4nc(OC)c(CN[C@H](C)C(N)=O)cc4Cl)c3C)c2C)c(Cl)cc1CN[C@H](C)C(N)=O. The number of nitrogens with two attached hydrogens (primary N) is 2. The molecule has 2 atom stereocenters. The van der Waals surface area contributed by atoms with E-state index in [1.54, 1.807) is 26.0 Å². The molecule has 2 heterocycles. The highest BCUT2D eigenvalue weighted by atomic mass is 35.5. The molecule has 266 valence electrons. The van der Waals surface area contributed by atoms with Gasteiger partial charge in [-0.25, -0.2) is 0 Å². The van der Waals surface area contributed by atoms with E-state index in [4.69, 9.17) is 53.6 Å². The quantitative estimate of drug-likeness (QED) is 0.114. The second-order valence-corrected chi connectivity index (χ2v) is 12.5. The Labute approximate surface area is 301 Å². The van der Waals surface area contributed by atoms with E-state index >= 15 is 0 Å². The van der Waals surface area contributed by atoms with E-state index in [0.29, 0.717) is 32.9 Å². The van der Waals surface area contributed by atoms with Crippen molar-refractivity contribution in [1.82, 2.24) is 20.6 Å². The molecule has 2 amide bonds. The number of hydrogen-bond donors (Lipinski definition) is 4. The molecule has 6 N–H and O–H groups in total. The first kappa shape index (κ1) is 38.2. The lowest BCUT2D eigenvalue weighted by Gasteiger charge is -2.18. The molecule has 4 aromatic rings. The standard InChI is InChI=1S/C36H42Cl2N6O6/c1-19-23(17-49-35-29(37)13-25(33(43-35)47-5)15-41-21(3)31(39)45)9-7-11-27(19)28-12-8-10-24(20(28)2)18-50-36-30(38)14-26(34(44-36)48-6)16-42-22(4)32(40)46/h7-14,21-22,41-42H,15-18H2,1-6H3,(H2,39,45)(H2,40,46)/t21-,22-/m1/s1. The van der Waals surface area contributed by atoms with Crippen molar-refractivity contribution in [1.29, 1.82) is 0 Å². The third-order valence-electron chi connectivity index (χ3n) is 8.31. The van der Waals surface area contributed by atoms with E-state index in [1.807, 2.05) is 38.1 Å². The first-order valence-electron chi connectivity index (χ1n) is 15.8. The highest BCUT2D eigenvalue weighted by molar-refractivity contribution is 6.32. The van der Waals surface area contributed by atoms with Gasteiger partial charge >= 0.3 is 0 Å². The minimum Gasteiger partial charge on any atom is -0.481 e. The molecule has 0 saturated heterocycles. The maximum atomic E-state index is 11.4. The van der Waals surface area contributed by atoms with Gasteiger partial charge in [0.1, 0.15) is 23.3 Å². The predicted octanol–water partition coefficient (Wildman–Crippen LogP) is 5.17. The Bertz CT molecular complexity index is 1720. The molecule has 2 aromatic carbocycles. The predicted molar refractivity (Wildman–Crippen MR) is 193 cm³/mol. The van der Waals surface area contributed by atoms with Crippen LogP contribution in [0.1, 0.15) is 47.2 Å². The van der Waals surface area contributed by atoms with Crippen molar-refractivity contribution in [2.75, 3.05) is 14.2 Å². The number of benzene rings is 2. The van der Waals surface area contributed by atoms with Crippen molar-refractivity contribution < 1.29 is 28.5 Å². The number of halogens is 2. The monoisotopic (exact) mass is 724 g/mol. The van der Waals surface area contributed by atoms with Gasteiger partial charge in [-0.2, -0.15) is 9.97 Å². The van der Waals surface area contributed by atoms with Crippen LogP contribution in [0.3, 0.4) is 0 Å². The Morgan fingerprint density at radius 1 is 0.680 bits per heavy atom. The van der Waals surface area contributed by atoms with Crippen molar-refractivity contribution in [2.24, 2.45) is 11.5 Å². The molecule has 0 spiro atoms. The zero-order valence-corrected chi connectivity index (χ0v) is 30.4. The molecule has 0 radical (unpaired) electrons. The molecular weight excluding hydrogens is 683 g/mol. The highest BCUT2D eigenvalue weighted by Gasteiger charge is 2.18. The van der Waals surface area contributed by atoms with Crippen LogP contribution in [0.25, 0.3) is 11.1 Å². The Balaban J connectivity index is 1.49. The van der Waals surface area contributed by atoms with Crippen molar-refractivity contribution in [2.45, 2.75) is 66.1 Å². The van der Waals surface area contributed by atoms with E-state index in [1.165, 1.54) is 14.2 Å². The van der Waals surface area contributed by atoms with Gasteiger partial charge in [0.05, 0.1) is 26.3 Å². The lowest BCUT2D eigenvalue weighted by molar-refractivity contribution is -0.120. The van der Waals surface area contributed by atoms with E-state index in [2.05, 4.69) is 32.7 Å². The minimum atomic E-state index is -0.534. The summed E-state index contributed by atoms with van der Waals surface area (Å²) in [7, 11) is 3.01. The number of carbonyl (C=O) groups is 2. The number of ether oxygens (including phenoxy) is 4. The van der Waals surface area contributed by atoms with Crippen LogP contribution in [0.15, 0.2) is 48.5 Å². The summed E-state index contributed by atoms with van der Waals surface area (Å²) in [6.45, 7) is 8.42. The number of primary amides is 2. The van der Waals surface area contributed by atoms with Gasteiger partial charge in [-0.05, 0) is 73.2 Å². The number of aromatic nitrogens is 2.